The molecule has 2 heterocycles. The van der Waals surface area contributed by atoms with E-state index in [0.29, 0.717) is 39.6 Å². The van der Waals surface area contributed by atoms with Crippen LogP contribution in [0.3, 0.4) is 0 Å². The molecule has 0 aliphatic carbocycles. The van der Waals surface area contributed by atoms with E-state index in [1.807, 2.05) is 12.3 Å². The van der Waals surface area contributed by atoms with Crippen molar-refractivity contribution in [3.8, 4) is 17.1 Å². The molecule has 9 heteroatoms. The number of H-pyrrole nitrogens is 1. The van der Waals surface area contributed by atoms with Crippen molar-refractivity contribution in [3.63, 3.8) is 0 Å². The van der Waals surface area contributed by atoms with Crippen molar-refractivity contribution in [3.05, 3.63) is 40.0 Å². The van der Waals surface area contributed by atoms with E-state index in [1.54, 1.807) is 24.3 Å². The minimum Gasteiger partial charge on any atom is -0.493 e. The van der Waals surface area contributed by atoms with E-state index in [1.165, 1.54) is 11.3 Å². The molecule has 0 aliphatic rings. The summed E-state index contributed by atoms with van der Waals surface area (Å²) in [5.74, 6) is 0.937. The molecule has 2 amide bonds. The molecule has 0 saturated heterocycles. The average Bonchev–Trinajstić information content (AvgIpc) is 3.14. The van der Waals surface area contributed by atoms with Crippen molar-refractivity contribution in [2.45, 2.75) is 13.3 Å². The predicted octanol–water partition coefficient (Wildman–Crippen LogP) is 2.55. The smallest absolute Gasteiger partial charge is 0.319 e. The topological polar surface area (TPSA) is 116 Å². The number of nitrogens with zero attached hydrogens (tertiary/aromatic N) is 1. The van der Waals surface area contributed by atoms with Crippen LogP contribution in [-0.4, -0.2) is 40.9 Å². The predicted molar refractivity (Wildman–Crippen MR) is 106 cm³/mol. The Hall–Kier alpha value is -2.91. The zero-order valence-electron chi connectivity index (χ0n) is 14.7. The van der Waals surface area contributed by atoms with Crippen molar-refractivity contribution >= 4 is 33.3 Å². The Kier molecular flexibility index (Phi) is 6.05. The lowest BCUT2D eigenvalue weighted by Gasteiger charge is -2.13. The second-order valence-electron chi connectivity index (χ2n) is 5.71. The van der Waals surface area contributed by atoms with Crippen LogP contribution in [0.1, 0.15) is 13.3 Å². The lowest BCUT2D eigenvalue weighted by molar-refractivity contribution is 0.245. The number of benzene rings is 1. The first-order valence-corrected chi connectivity index (χ1v) is 9.40. The maximum atomic E-state index is 12.3. The minimum absolute atomic E-state index is 0.145. The Morgan fingerprint density at radius 2 is 2.22 bits per heavy atom. The first kappa shape index (κ1) is 18.9. The van der Waals surface area contributed by atoms with Gasteiger partial charge in [0.1, 0.15) is 16.3 Å². The van der Waals surface area contributed by atoms with Gasteiger partial charge in [-0.05, 0) is 36.1 Å². The second-order valence-corrected chi connectivity index (χ2v) is 6.63. The number of rotatable bonds is 7. The highest BCUT2D eigenvalue weighted by Crippen LogP contribution is 2.31. The van der Waals surface area contributed by atoms with Crippen molar-refractivity contribution in [1.29, 1.82) is 0 Å². The van der Waals surface area contributed by atoms with Crippen molar-refractivity contribution < 1.29 is 14.6 Å². The van der Waals surface area contributed by atoms with E-state index in [9.17, 15) is 9.59 Å². The van der Waals surface area contributed by atoms with Crippen molar-refractivity contribution in [1.82, 2.24) is 15.3 Å². The highest BCUT2D eigenvalue weighted by Gasteiger charge is 2.14. The fourth-order valence-electron chi connectivity index (χ4n) is 2.48. The van der Waals surface area contributed by atoms with Gasteiger partial charge in [0, 0.05) is 12.2 Å². The number of ether oxygens (including phenoxy) is 1. The molecule has 4 N–H and O–H groups in total. The zero-order chi connectivity index (χ0) is 19.2. The number of aliphatic hydroxyl groups excluding tert-OH is 1. The molecule has 0 aliphatic heterocycles. The number of aliphatic hydroxyl groups is 1. The fourth-order valence-corrected chi connectivity index (χ4v) is 3.20. The number of aromatic nitrogens is 2. The lowest BCUT2D eigenvalue weighted by Crippen LogP contribution is -2.30. The monoisotopic (exact) mass is 388 g/mol. The van der Waals surface area contributed by atoms with Gasteiger partial charge in [0.2, 0.25) is 0 Å². The zero-order valence-corrected chi connectivity index (χ0v) is 15.6. The van der Waals surface area contributed by atoms with Crippen LogP contribution in [0.15, 0.2) is 34.4 Å². The fraction of sp³-hybridized carbons (Fsp3) is 0.278. The third-order valence-electron chi connectivity index (χ3n) is 3.67. The molecule has 0 saturated carbocycles. The van der Waals surface area contributed by atoms with E-state index < -0.39 is 6.03 Å². The molecule has 3 rings (SSSR count). The van der Waals surface area contributed by atoms with Gasteiger partial charge in [-0.1, -0.05) is 6.92 Å². The second kappa shape index (κ2) is 8.65. The average molecular weight is 388 g/mol. The number of urea groups is 1. The Bertz CT molecular complexity index is 998. The summed E-state index contributed by atoms with van der Waals surface area (Å²) in [5.41, 5.74) is 1.48. The molecule has 142 valence electrons. The maximum Gasteiger partial charge on any atom is 0.319 e. The van der Waals surface area contributed by atoms with Gasteiger partial charge in [0.05, 0.1) is 24.3 Å². The van der Waals surface area contributed by atoms with Crippen LogP contribution >= 0.6 is 11.3 Å². The normalized spacial score (nSPS) is 10.7. The van der Waals surface area contributed by atoms with Gasteiger partial charge in [0.25, 0.3) is 5.56 Å². The Labute approximate surface area is 159 Å². The van der Waals surface area contributed by atoms with Crippen LogP contribution in [0, 0.1) is 0 Å². The third-order valence-corrected chi connectivity index (χ3v) is 4.57. The van der Waals surface area contributed by atoms with Crippen LogP contribution in [0.25, 0.3) is 21.6 Å². The third kappa shape index (κ3) is 4.44. The molecule has 2 aromatic heterocycles. The molecule has 8 nitrogen and oxygen atoms in total. The quantitative estimate of drug-likeness (QED) is 0.496. The minimum atomic E-state index is -0.438. The first-order valence-electron chi connectivity index (χ1n) is 8.53. The summed E-state index contributed by atoms with van der Waals surface area (Å²) in [7, 11) is 0. The number of thiophene rings is 1. The number of amides is 2. The van der Waals surface area contributed by atoms with Crippen LogP contribution < -0.4 is 20.9 Å². The number of fused-ring (bicyclic) bond motifs is 1. The first-order chi connectivity index (χ1) is 13.1. The standard InChI is InChI=1S/C18H20N4O4S/c1-2-8-26-14-4-3-11(20-18(25)19-6-7-23)10-12(14)16-21-13-5-9-27-15(13)17(24)22-16/h3-5,9-10,23H,2,6-8H2,1H3,(H2,19,20,25)(H,21,22,24). The summed E-state index contributed by atoms with van der Waals surface area (Å²) < 4.78 is 6.34. The molecule has 0 atom stereocenters. The van der Waals surface area contributed by atoms with Crippen LogP contribution in [0.4, 0.5) is 10.5 Å². The number of carbonyl (C=O) groups excluding carboxylic acids is 1. The van der Waals surface area contributed by atoms with Crippen molar-refractivity contribution in [2.24, 2.45) is 0 Å². The highest BCUT2D eigenvalue weighted by molar-refractivity contribution is 7.17. The molecule has 27 heavy (non-hydrogen) atoms. The number of nitrogens with one attached hydrogen (secondary N) is 3. The summed E-state index contributed by atoms with van der Waals surface area (Å²) in [4.78, 5) is 31.4. The van der Waals surface area contributed by atoms with Gasteiger partial charge in [-0.3, -0.25) is 4.79 Å². The largest absolute Gasteiger partial charge is 0.493 e. The number of carbonyl (C=O) groups is 1. The van der Waals surface area contributed by atoms with Gasteiger partial charge in [-0.25, -0.2) is 9.78 Å². The van der Waals surface area contributed by atoms with Crippen LogP contribution in [0.2, 0.25) is 0 Å². The van der Waals surface area contributed by atoms with E-state index in [4.69, 9.17) is 9.84 Å². The summed E-state index contributed by atoms with van der Waals surface area (Å²) in [6, 6.07) is 6.47. The molecule has 0 unspecified atom stereocenters. The molecule has 0 bridgehead atoms. The Morgan fingerprint density at radius 3 is 3.00 bits per heavy atom. The van der Waals surface area contributed by atoms with E-state index >= 15 is 0 Å². The Morgan fingerprint density at radius 1 is 1.37 bits per heavy atom. The summed E-state index contributed by atoms with van der Waals surface area (Å²) in [5, 5.41) is 15.8. The SMILES string of the molecule is CCCOc1ccc(NC(=O)NCCO)cc1-c1nc2ccsc2c(=O)[nH]1. The van der Waals surface area contributed by atoms with E-state index in [0.717, 1.165) is 6.42 Å². The highest BCUT2D eigenvalue weighted by atomic mass is 32.1. The van der Waals surface area contributed by atoms with E-state index in [-0.39, 0.29) is 18.7 Å². The van der Waals surface area contributed by atoms with E-state index in [2.05, 4.69) is 20.6 Å². The van der Waals surface area contributed by atoms with Crippen LogP contribution in [-0.2, 0) is 0 Å². The molecule has 0 spiro atoms. The molecular formula is C18H20N4O4S. The molecule has 0 radical (unpaired) electrons. The summed E-state index contributed by atoms with van der Waals surface area (Å²) in [6.07, 6.45) is 0.830. The lowest BCUT2D eigenvalue weighted by atomic mass is 10.1. The maximum absolute atomic E-state index is 12.3. The summed E-state index contributed by atoms with van der Waals surface area (Å²) >= 11 is 1.33. The van der Waals surface area contributed by atoms with Gasteiger partial charge in [0.15, 0.2) is 0 Å². The number of hydrogen-bond acceptors (Lipinski definition) is 6. The number of hydrogen-bond donors (Lipinski definition) is 4. The van der Waals surface area contributed by atoms with Gasteiger partial charge >= 0.3 is 6.03 Å². The molecule has 1 aromatic carbocycles. The van der Waals surface area contributed by atoms with Gasteiger partial charge < -0.3 is 25.5 Å². The molecule has 0 fully saturated rings. The number of anilines is 1. The summed E-state index contributed by atoms with van der Waals surface area (Å²) in [6.45, 7) is 2.52. The molecule has 3 aromatic rings. The van der Waals surface area contributed by atoms with Gasteiger partial charge in [-0.2, -0.15) is 0 Å². The number of aromatic amines is 1. The van der Waals surface area contributed by atoms with Crippen LogP contribution in [0.5, 0.6) is 5.75 Å². The Balaban J connectivity index is 1.99. The van der Waals surface area contributed by atoms with Crippen molar-refractivity contribution in [2.75, 3.05) is 25.1 Å². The van der Waals surface area contributed by atoms with Gasteiger partial charge in [-0.15, -0.1) is 11.3 Å². The molecular weight excluding hydrogens is 368 g/mol.